The summed E-state index contributed by atoms with van der Waals surface area (Å²) in [4.78, 5) is 9.42. The normalized spacial score (nSPS) is 18.0. The molecular weight excluding hydrogens is 289 g/mol. The summed E-state index contributed by atoms with van der Waals surface area (Å²) < 4.78 is 13.3. The number of likely N-dealkylation sites (N-methyl/N-ethyl adjacent to an activating group) is 1. The lowest BCUT2D eigenvalue weighted by Crippen LogP contribution is -2.44. The van der Waals surface area contributed by atoms with E-state index in [-0.39, 0.29) is 5.82 Å². The highest BCUT2D eigenvalue weighted by Gasteiger charge is 2.18. The summed E-state index contributed by atoms with van der Waals surface area (Å²) in [6, 6.07) is 13.4. The third-order valence-corrected chi connectivity index (χ3v) is 4.72. The van der Waals surface area contributed by atoms with Gasteiger partial charge >= 0.3 is 0 Å². The Morgan fingerprint density at radius 2 is 1.70 bits per heavy atom. The summed E-state index contributed by atoms with van der Waals surface area (Å²) in [5, 5.41) is 0. The van der Waals surface area contributed by atoms with E-state index in [1.54, 1.807) is 12.1 Å². The minimum absolute atomic E-state index is 0.189. The first-order chi connectivity index (χ1) is 11.2. The first-order valence-electron chi connectivity index (χ1n) is 8.09. The number of halogens is 1. The number of hydrogen-bond acceptors (Lipinski definition) is 3. The largest absolute Gasteiger partial charge is 0.369 e. The summed E-state index contributed by atoms with van der Waals surface area (Å²) in [6.07, 6.45) is 0.709. The maximum absolute atomic E-state index is 13.3. The standard InChI is InChI=1S/C19H20FN3/c1-22-8-10-23(11-9-22)17-5-2-14(3-6-17)19-13-15-12-16(20)4-7-18(15)21-19/h2-7,12H,8-11,13H2,1H3. The van der Waals surface area contributed by atoms with Gasteiger partial charge in [0.15, 0.2) is 0 Å². The Hall–Kier alpha value is -2.20. The van der Waals surface area contributed by atoms with Crippen LogP contribution in [0.2, 0.25) is 0 Å². The molecule has 0 aliphatic carbocycles. The van der Waals surface area contributed by atoms with Crippen LogP contribution >= 0.6 is 0 Å². The molecule has 0 amide bonds. The van der Waals surface area contributed by atoms with Crippen molar-refractivity contribution < 1.29 is 4.39 Å². The quantitative estimate of drug-likeness (QED) is 0.848. The molecule has 4 rings (SSSR count). The Morgan fingerprint density at radius 3 is 2.43 bits per heavy atom. The fraction of sp³-hybridized carbons (Fsp3) is 0.316. The first kappa shape index (κ1) is 14.4. The Labute approximate surface area is 136 Å². The zero-order valence-corrected chi connectivity index (χ0v) is 13.3. The van der Waals surface area contributed by atoms with Crippen LogP contribution in [0.25, 0.3) is 0 Å². The number of nitrogens with zero attached hydrogens (tertiary/aromatic N) is 3. The van der Waals surface area contributed by atoms with Gasteiger partial charge in [0.25, 0.3) is 0 Å². The average Bonchev–Trinajstić information content (AvgIpc) is 2.99. The molecule has 0 N–H and O–H groups in total. The van der Waals surface area contributed by atoms with Crippen LogP contribution in [-0.2, 0) is 6.42 Å². The summed E-state index contributed by atoms with van der Waals surface area (Å²) in [6.45, 7) is 4.35. The van der Waals surface area contributed by atoms with Crippen molar-refractivity contribution in [3.8, 4) is 0 Å². The zero-order valence-electron chi connectivity index (χ0n) is 13.3. The second-order valence-electron chi connectivity index (χ2n) is 6.35. The van der Waals surface area contributed by atoms with Crippen LogP contribution in [0.3, 0.4) is 0 Å². The molecule has 4 heteroatoms. The van der Waals surface area contributed by atoms with Gasteiger partial charge in [-0.1, -0.05) is 12.1 Å². The monoisotopic (exact) mass is 309 g/mol. The highest BCUT2D eigenvalue weighted by atomic mass is 19.1. The van der Waals surface area contributed by atoms with E-state index < -0.39 is 0 Å². The van der Waals surface area contributed by atoms with E-state index in [1.165, 1.54) is 11.8 Å². The van der Waals surface area contributed by atoms with Gasteiger partial charge in [0.05, 0.1) is 11.4 Å². The molecule has 2 aromatic rings. The van der Waals surface area contributed by atoms with Gasteiger partial charge < -0.3 is 9.80 Å². The van der Waals surface area contributed by atoms with Gasteiger partial charge in [-0.25, -0.2) is 4.39 Å². The Balaban J connectivity index is 1.51. The maximum Gasteiger partial charge on any atom is 0.123 e. The van der Waals surface area contributed by atoms with Crippen molar-refractivity contribution in [3.05, 3.63) is 59.4 Å². The molecule has 2 aliphatic heterocycles. The van der Waals surface area contributed by atoms with Crippen molar-refractivity contribution in [3.63, 3.8) is 0 Å². The number of rotatable bonds is 2. The SMILES string of the molecule is CN1CCN(c2ccc(C3=Nc4ccc(F)cc4C3)cc2)CC1. The average molecular weight is 309 g/mol. The smallest absolute Gasteiger partial charge is 0.123 e. The van der Waals surface area contributed by atoms with E-state index >= 15 is 0 Å². The van der Waals surface area contributed by atoms with Crippen molar-refractivity contribution in [1.82, 2.24) is 4.90 Å². The molecule has 2 aliphatic rings. The van der Waals surface area contributed by atoms with Crippen LogP contribution < -0.4 is 4.90 Å². The number of aliphatic imine (C=N–C) groups is 1. The molecule has 0 bridgehead atoms. The summed E-state index contributed by atoms with van der Waals surface area (Å²) in [7, 11) is 2.17. The fourth-order valence-corrected chi connectivity index (χ4v) is 3.27. The molecule has 3 nitrogen and oxygen atoms in total. The third-order valence-electron chi connectivity index (χ3n) is 4.72. The highest BCUT2D eigenvalue weighted by molar-refractivity contribution is 6.06. The molecule has 0 radical (unpaired) electrons. The van der Waals surface area contributed by atoms with Crippen molar-refractivity contribution in [2.45, 2.75) is 6.42 Å². The number of anilines is 1. The van der Waals surface area contributed by atoms with Crippen molar-refractivity contribution >= 4 is 17.1 Å². The van der Waals surface area contributed by atoms with E-state index in [4.69, 9.17) is 0 Å². The molecule has 0 atom stereocenters. The van der Waals surface area contributed by atoms with Gasteiger partial charge in [-0.05, 0) is 48.5 Å². The van der Waals surface area contributed by atoms with Crippen LogP contribution in [-0.4, -0.2) is 43.8 Å². The Morgan fingerprint density at radius 1 is 0.957 bits per heavy atom. The van der Waals surface area contributed by atoms with Crippen LogP contribution in [0.5, 0.6) is 0 Å². The fourth-order valence-electron chi connectivity index (χ4n) is 3.27. The second kappa shape index (κ2) is 5.78. The van der Waals surface area contributed by atoms with E-state index in [9.17, 15) is 4.39 Å². The Bertz CT molecular complexity index is 744. The molecule has 1 fully saturated rings. The molecule has 2 aromatic carbocycles. The lowest BCUT2D eigenvalue weighted by atomic mass is 10.0. The van der Waals surface area contributed by atoms with Gasteiger partial charge in [-0.15, -0.1) is 0 Å². The molecular formula is C19H20FN3. The first-order valence-corrected chi connectivity index (χ1v) is 8.09. The number of piperazine rings is 1. The minimum atomic E-state index is -0.189. The summed E-state index contributed by atoms with van der Waals surface area (Å²) in [5.74, 6) is -0.189. The zero-order chi connectivity index (χ0) is 15.8. The molecule has 23 heavy (non-hydrogen) atoms. The lowest BCUT2D eigenvalue weighted by molar-refractivity contribution is 0.313. The van der Waals surface area contributed by atoms with E-state index in [0.717, 1.165) is 48.7 Å². The molecule has 0 saturated carbocycles. The predicted molar refractivity (Wildman–Crippen MR) is 92.5 cm³/mol. The number of benzene rings is 2. The third kappa shape index (κ3) is 2.86. The van der Waals surface area contributed by atoms with E-state index in [0.29, 0.717) is 6.42 Å². The summed E-state index contributed by atoms with van der Waals surface area (Å²) in [5.41, 5.74) is 5.28. The van der Waals surface area contributed by atoms with Gasteiger partial charge in [-0.2, -0.15) is 0 Å². The second-order valence-corrected chi connectivity index (χ2v) is 6.35. The van der Waals surface area contributed by atoms with Crippen LogP contribution in [0.4, 0.5) is 15.8 Å². The van der Waals surface area contributed by atoms with Crippen molar-refractivity contribution in [2.24, 2.45) is 4.99 Å². The van der Waals surface area contributed by atoms with E-state index in [1.807, 2.05) is 0 Å². The highest BCUT2D eigenvalue weighted by Crippen LogP contribution is 2.30. The van der Waals surface area contributed by atoms with Crippen LogP contribution in [0.15, 0.2) is 47.5 Å². The van der Waals surface area contributed by atoms with Crippen molar-refractivity contribution in [2.75, 3.05) is 38.1 Å². The molecule has 0 unspecified atom stereocenters. The van der Waals surface area contributed by atoms with Crippen LogP contribution in [0, 0.1) is 5.82 Å². The van der Waals surface area contributed by atoms with Gasteiger partial charge in [0, 0.05) is 38.3 Å². The van der Waals surface area contributed by atoms with Crippen molar-refractivity contribution in [1.29, 1.82) is 0 Å². The predicted octanol–water partition coefficient (Wildman–Crippen LogP) is 3.25. The van der Waals surface area contributed by atoms with E-state index in [2.05, 4.69) is 46.1 Å². The minimum Gasteiger partial charge on any atom is -0.369 e. The summed E-state index contributed by atoms with van der Waals surface area (Å²) >= 11 is 0. The van der Waals surface area contributed by atoms with Gasteiger partial charge in [-0.3, -0.25) is 4.99 Å². The molecule has 118 valence electrons. The Kier molecular flexibility index (Phi) is 3.62. The lowest BCUT2D eigenvalue weighted by Gasteiger charge is -2.34. The number of fused-ring (bicyclic) bond motifs is 1. The molecule has 2 heterocycles. The van der Waals surface area contributed by atoms with Gasteiger partial charge in [0.2, 0.25) is 0 Å². The maximum atomic E-state index is 13.3. The van der Waals surface area contributed by atoms with Crippen LogP contribution in [0.1, 0.15) is 11.1 Å². The molecule has 1 saturated heterocycles. The van der Waals surface area contributed by atoms with Gasteiger partial charge in [0.1, 0.15) is 5.82 Å². The molecule has 0 aromatic heterocycles. The topological polar surface area (TPSA) is 18.8 Å². The molecule has 0 spiro atoms. The number of hydrogen-bond donors (Lipinski definition) is 0.